The Morgan fingerprint density at radius 3 is 2.30 bits per heavy atom. The van der Waals surface area contributed by atoms with Crippen LogP contribution in [-0.4, -0.2) is 33.3 Å². The molecule has 1 atom stereocenters. The topological polar surface area (TPSA) is 57.5 Å². The third kappa shape index (κ3) is 1.13. The summed E-state index contributed by atoms with van der Waals surface area (Å²) in [7, 11) is 0. The minimum atomic E-state index is -0.934. The number of aliphatic carboxylic acids is 1. The van der Waals surface area contributed by atoms with Crippen molar-refractivity contribution in [2.24, 2.45) is 5.92 Å². The summed E-state index contributed by atoms with van der Waals surface area (Å²) < 4.78 is 0. The number of rotatable bonds is 2. The standard InChI is InChI=1S/C6H10O3S/c1-4(5(7)8)6(9)2-10-3-6/h4,9H,2-3H2,1H3,(H,7,8). The number of aliphatic hydroxyl groups is 1. The van der Waals surface area contributed by atoms with Crippen molar-refractivity contribution in [2.75, 3.05) is 11.5 Å². The van der Waals surface area contributed by atoms with Gasteiger partial charge in [-0.3, -0.25) is 4.79 Å². The highest BCUT2D eigenvalue weighted by atomic mass is 32.2. The third-order valence-corrected chi connectivity index (χ3v) is 3.29. The van der Waals surface area contributed by atoms with Gasteiger partial charge in [-0.15, -0.1) is 0 Å². The first-order valence-corrected chi connectivity index (χ1v) is 4.25. The van der Waals surface area contributed by atoms with E-state index in [0.717, 1.165) is 0 Å². The molecule has 0 spiro atoms. The fraction of sp³-hybridized carbons (Fsp3) is 0.833. The van der Waals surface area contributed by atoms with Crippen molar-refractivity contribution in [1.82, 2.24) is 0 Å². The molecule has 3 nitrogen and oxygen atoms in total. The van der Waals surface area contributed by atoms with Gasteiger partial charge in [0.2, 0.25) is 0 Å². The van der Waals surface area contributed by atoms with Crippen LogP contribution >= 0.6 is 11.8 Å². The van der Waals surface area contributed by atoms with E-state index in [0.29, 0.717) is 11.5 Å². The molecule has 0 bridgehead atoms. The molecule has 0 aliphatic carbocycles. The van der Waals surface area contributed by atoms with Gasteiger partial charge >= 0.3 is 5.97 Å². The lowest BCUT2D eigenvalue weighted by Gasteiger charge is -2.38. The van der Waals surface area contributed by atoms with Crippen LogP contribution in [0.1, 0.15) is 6.92 Å². The lowest BCUT2D eigenvalue weighted by Crippen LogP contribution is -2.51. The maximum atomic E-state index is 10.4. The average molecular weight is 162 g/mol. The van der Waals surface area contributed by atoms with Crippen LogP contribution in [0.2, 0.25) is 0 Å². The number of carbonyl (C=O) groups is 1. The van der Waals surface area contributed by atoms with Crippen LogP contribution in [-0.2, 0) is 4.79 Å². The summed E-state index contributed by atoms with van der Waals surface area (Å²) in [6, 6.07) is 0. The Morgan fingerprint density at radius 2 is 2.20 bits per heavy atom. The van der Waals surface area contributed by atoms with Crippen molar-refractivity contribution in [3.05, 3.63) is 0 Å². The molecule has 10 heavy (non-hydrogen) atoms. The molecule has 0 aromatic carbocycles. The number of carboxylic acids is 1. The Labute approximate surface area is 63.4 Å². The second kappa shape index (κ2) is 2.43. The Balaban J connectivity index is 2.54. The fourth-order valence-electron chi connectivity index (χ4n) is 0.791. The predicted molar refractivity (Wildman–Crippen MR) is 39.1 cm³/mol. The number of thioether (sulfide) groups is 1. The molecule has 1 unspecified atom stereocenters. The average Bonchev–Trinajstić information content (AvgIpc) is 1.81. The summed E-state index contributed by atoms with van der Waals surface area (Å²) in [5.41, 5.74) is -0.934. The van der Waals surface area contributed by atoms with Crippen LogP contribution in [0.5, 0.6) is 0 Å². The van der Waals surface area contributed by atoms with Gasteiger partial charge in [0.05, 0.1) is 11.5 Å². The second-order valence-electron chi connectivity index (χ2n) is 2.66. The van der Waals surface area contributed by atoms with Gasteiger partial charge in [-0.25, -0.2) is 0 Å². The smallest absolute Gasteiger partial charge is 0.309 e. The van der Waals surface area contributed by atoms with Gasteiger partial charge in [-0.2, -0.15) is 11.8 Å². The summed E-state index contributed by atoms with van der Waals surface area (Å²) in [4.78, 5) is 10.4. The highest BCUT2D eigenvalue weighted by Crippen LogP contribution is 2.35. The van der Waals surface area contributed by atoms with Gasteiger partial charge < -0.3 is 10.2 Å². The fourth-order valence-corrected chi connectivity index (χ4v) is 1.91. The van der Waals surface area contributed by atoms with E-state index in [1.54, 1.807) is 18.7 Å². The molecule has 1 rings (SSSR count). The SMILES string of the molecule is CC(C(=O)O)C1(O)CSC1. The molecule has 1 aliphatic heterocycles. The highest BCUT2D eigenvalue weighted by Gasteiger charge is 2.44. The van der Waals surface area contributed by atoms with Crippen LogP contribution in [0.15, 0.2) is 0 Å². The van der Waals surface area contributed by atoms with Gasteiger partial charge in [0, 0.05) is 11.5 Å². The summed E-state index contributed by atoms with van der Waals surface area (Å²) in [5, 5.41) is 18.0. The molecule has 0 aromatic heterocycles. The van der Waals surface area contributed by atoms with Gasteiger partial charge in [-0.05, 0) is 6.92 Å². The molecule has 2 N–H and O–H groups in total. The summed E-state index contributed by atoms with van der Waals surface area (Å²) >= 11 is 1.58. The largest absolute Gasteiger partial charge is 0.481 e. The minimum Gasteiger partial charge on any atom is -0.481 e. The lowest BCUT2D eigenvalue weighted by atomic mass is 9.92. The van der Waals surface area contributed by atoms with Crippen LogP contribution in [0, 0.1) is 5.92 Å². The van der Waals surface area contributed by atoms with E-state index < -0.39 is 17.5 Å². The lowest BCUT2D eigenvalue weighted by molar-refractivity contribution is -0.148. The molecule has 1 heterocycles. The van der Waals surface area contributed by atoms with Crippen LogP contribution in [0.3, 0.4) is 0 Å². The molecule has 1 saturated heterocycles. The summed E-state index contributed by atoms with van der Waals surface area (Å²) in [6.07, 6.45) is 0. The molecule has 0 aromatic rings. The van der Waals surface area contributed by atoms with Gasteiger partial charge in [0.15, 0.2) is 0 Å². The highest BCUT2D eigenvalue weighted by molar-refractivity contribution is 8.00. The second-order valence-corrected chi connectivity index (χ2v) is 3.64. The Kier molecular flexibility index (Phi) is 1.92. The van der Waals surface area contributed by atoms with Crippen LogP contribution in [0.25, 0.3) is 0 Å². The molecule has 0 amide bonds. The van der Waals surface area contributed by atoms with Gasteiger partial charge in [0.1, 0.15) is 0 Å². The number of hydrogen-bond acceptors (Lipinski definition) is 3. The van der Waals surface area contributed by atoms with E-state index in [9.17, 15) is 9.90 Å². The summed E-state index contributed by atoms with van der Waals surface area (Å²) in [6.45, 7) is 1.54. The maximum Gasteiger partial charge on any atom is 0.309 e. The van der Waals surface area contributed by atoms with Crippen LogP contribution < -0.4 is 0 Å². The first-order valence-electron chi connectivity index (χ1n) is 3.09. The zero-order valence-corrected chi connectivity index (χ0v) is 6.52. The Hall–Kier alpha value is -0.220. The van der Waals surface area contributed by atoms with Crippen molar-refractivity contribution in [3.63, 3.8) is 0 Å². The van der Waals surface area contributed by atoms with Crippen molar-refractivity contribution in [2.45, 2.75) is 12.5 Å². The number of hydrogen-bond donors (Lipinski definition) is 2. The first-order chi connectivity index (χ1) is 4.56. The van der Waals surface area contributed by atoms with Crippen molar-refractivity contribution < 1.29 is 15.0 Å². The zero-order valence-electron chi connectivity index (χ0n) is 5.70. The Bertz CT molecular complexity index is 153. The first kappa shape index (κ1) is 7.88. The van der Waals surface area contributed by atoms with Crippen molar-refractivity contribution >= 4 is 17.7 Å². The molecule has 0 saturated carbocycles. The molecule has 0 radical (unpaired) electrons. The van der Waals surface area contributed by atoms with Gasteiger partial charge in [-0.1, -0.05) is 0 Å². The molecular formula is C6H10O3S. The van der Waals surface area contributed by atoms with Crippen molar-refractivity contribution in [3.8, 4) is 0 Å². The molecule has 1 aliphatic rings. The molecule has 58 valence electrons. The van der Waals surface area contributed by atoms with Gasteiger partial charge in [0.25, 0.3) is 0 Å². The van der Waals surface area contributed by atoms with E-state index in [1.165, 1.54) is 0 Å². The van der Waals surface area contributed by atoms with E-state index in [-0.39, 0.29) is 0 Å². The third-order valence-electron chi connectivity index (χ3n) is 1.88. The van der Waals surface area contributed by atoms with E-state index in [4.69, 9.17) is 5.11 Å². The van der Waals surface area contributed by atoms with E-state index >= 15 is 0 Å². The monoisotopic (exact) mass is 162 g/mol. The maximum absolute atomic E-state index is 10.4. The number of carboxylic acid groups (broad SMARTS) is 1. The van der Waals surface area contributed by atoms with E-state index in [1.807, 2.05) is 0 Å². The Morgan fingerprint density at radius 1 is 1.70 bits per heavy atom. The zero-order chi connectivity index (χ0) is 7.78. The molecule has 4 heteroatoms. The molecule has 1 fully saturated rings. The summed E-state index contributed by atoms with van der Waals surface area (Å²) in [5.74, 6) is -0.433. The normalized spacial score (nSPS) is 25.0. The van der Waals surface area contributed by atoms with E-state index in [2.05, 4.69) is 0 Å². The quantitative estimate of drug-likeness (QED) is 0.608. The predicted octanol–water partition coefficient (Wildman–Crippen LogP) is 0.185. The minimum absolute atomic E-state index is 0.556. The van der Waals surface area contributed by atoms with Crippen molar-refractivity contribution in [1.29, 1.82) is 0 Å². The molecular weight excluding hydrogens is 152 g/mol. The van der Waals surface area contributed by atoms with Crippen LogP contribution in [0.4, 0.5) is 0 Å².